The first-order chi connectivity index (χ1) is 15.9. The van der Waals surface area contributed by atoms with Crippen LogP contribution in [0.5, 0.6) is 0 Å². The van der Waals surface area contributed by atoms with Crippen molar-refractivity contribution in [1.82, 2.24) is 19.3 Å². The molecule has 9 nitrogen and oxygen atoms in total. The summed E-state index contributed by atoms with van der Waals surface area (Å²) in [5.74, 6) is -0.407. The molecule has 0 fully saturated rings. The summed E-state index contributed by atoms with van der Waals surface area (Å²) in [6, 6.07) is 14.3. The topological polar surface area (TPSA) is 108 Å². The fraction of sp³-hybridized carbons (Fsp3) is 0.208. The lowest BCUT2D eigenvalue weighted by Crippen LogP contribution is -2.26. The Morgan fingerprint density at radius 2 is 1.79 bits per heavy atom. The zero-order chi connectivity index (χ0) is 23.5. The third-order valence-corrected chi connectivity index (χ3v) is 5.33. The number of benzene rings is 2. The van der Waals surface area contributed by atoms with Crippen LogP contribution in [0.2, 0.25) is 0 Å². The lowest BCUT2D eigenvalue weighted by molar-refractivity contribution is -0.116. The summed E-state index contributed by atoms with van der Waals surface area (Å²) in [7, 11) is 1.28. The third-order valence-electron chi connectivity index (χ3n) is 5.33. The smallest absolute Gasteiger partial charge is 0.339 e. The van der Waals surface area contributed by atoms with E-state index in [0.717, 1.165) is 11.3 Å². The van der Waals surface area contributed by atoms with Crippen LogP contribution in [0.3, 0.4) is 0 Å². The molecule has 1 amide bonds. The number of para-hydroxylation sites is 1. The van der Waals surface area contributed by atoms with Crippen LogP contribution in [0, 0.1) is 13.8 Å². The molecule has 0 aliphatic rings. The molecule has 0 bridgehead atoms. The average molecular weight is 445 g/mol. The number of methoxy groups -OCH3 is 1. The SMILES string of the molecule is COC(=O)c1ccccc1NC(=O)CCn1c(C)nc2c(cnn2-c2ccc(C)cc2)c1=O. The van der Waals surface area contributed by atoms with Gasteiger partial charge in [0, 0.05) is 13.0 Å². The molecule has 0 aliphatic carbocycles. The van der Waals surface area contributed by atoms with Gasteiger partial charge in [0.1, 0.15) is 11.2 Å². The van der Waals surface area contributed by atoms with Gasteiger partial charge in [-0.3, -0.25) is 14.2 Å². The maximum Gasteiger partial charge on any atom is 0.339 e. The quantitative estimate of drug-likeness (QED) is 0.457. The summed E-state index contributed by atoms with van der Waals surface area (Å²) < 4.78 is 7.83. The Hall–Kier alpha value is -4.27. The molecular weight excluding hydrogens is 422 g/mol. The molecule has 0 saturated carbocycles. The molecule has 168 valence electrons. The van der Waals surface area contributed by atoms with Crippen LogP contribution in [-0.2, 0) is 16.1 Å². The van der Waals surface area contributed by atoms with Crippen molar-refractivity contribution in [3.8, 4) is 5.69 Å². The lowest BCUT2D eigenvalue weighted by atomic mass is 10.1. The summed E-state index contributed by atoms with van der Waals surface area (Å²) in [5.41, 5.74) is 2.74. The molecular formula is C24H23N5O4. The van der Waals surface area contributed by atoms with Crippen LogP contribution in [0.15, 0.2) is 59.5 Å². The highest BCUT2D eigenvalue weighted by Gasteiger charge is 2.16. The van der Waals surface area contributed by atoms with Crippen molar-refractivity contribution in [1.29, 1.82) is 0 Å². The minimum atomic E-state index is -0.543. The van der Waals surface area contributed by atoms with Crippen molar-refractivity contribution >= 4 is 28.6 Å². The summed E-state index contributed by atoms with van der Waals surface area (Å²) >= 11 is 0. The van der Waals surface area contributed by atoms with Crippen LogP contribution < -0.4 is 10.9 Å². The van der Waals surface area contributed by atoms with Crippen molar-refractivity contribution in [3.05, 3.63) is 82.0 Å². The number of nitrogens with one attached hydrogen (secondary N) is 1. The highest BCUT2D eigenvalue weighted by atomic mass is 16.5. The van der Waals surface area contributed by atoms with Gasteiger partial charge in [0.2, 0.25) is 5.91 Å². The molecule has 2 aromatic heterocycles. The number of hydrogen-bond acceptors (Lipinski definition) is 6. The Morgan fingerprint density at radius 3 is 2.52 bits per heavy atom. The first kappa shape index (κ1) is 21.9. The van der Waals surface area contributed by atoms with E-state index in [0.29, 0.717) is 22.5 Å². The summed E-state index contributed by atoms with van der Waals surface area (Å²) in [4.78, 5) is 42.1. The van der Waals surface area contributed by atoms with E-state index in [1.54, 1.807) is 35.9 Å². The fourth-order valence-electron chi connectivity index (χ4n) is 3.55. The maximum absolute atomic E-state index is 13.1. The van der Waals surface area contributed by atoms with Crippen molar-refractivity contribution < 1.29 is 14.3 Å². The van der Waals surface area contributed by atoms with Gasteiger partial charge in [-0.25, -0.2) is 14.5 Å². The fourth-order valence-corrected chi connectivity index (χ4v) is 3.55. The van der Waals surface area contributed by atoms with Gasteiger partial charge in [0.25, 0.3) is 5.56 Å². The van der Waals surface area contributed by atoms with E-state index in [1.165, 1.54) is 17.9 Å². The highest BCUT2D eigenvalue weighted by Crippen LogP contribution is 2.17. The maximum atomic E-state index is 13.1. The van der Waals surface area contributed by atoms with E-state index in [2.05, 4.69) is 15.4 Å². The zero-order valence-corrected chi connectivity index (χ0v) is 18.5. The minimum absolute atomic E-state index is 0.0234. The van der Waals surface area contributed by atoms with Gasteiger partial charge < -0.3 is 10.1 Å². The average Bonchev–Trinajstić information content (AvgIpc) is 3.23. The number of carbonyl (C=O) groups is 2. The Bertz CT molecular complexity index is 1400. The summed E-state index contributed by atoms with van der Waals surface area (Å²) in [6.07, 6.45) is 1.52. The van der Waals surface area contributed by atoms with E-state index >= 15 is 0 Å². The molecule has 4 rings (SSSR count). The van der Waals surface area contributed by atoms with Crippen molar-refractivity contribution in [2.75, 3.05) is 12.4 Å². The molecule has 0 atom stereocenters. The number of anilines is 1. The highest BCUT2D eigenvalue weighted by molar-refractivity contribution is 6.01. The van der Waals surface area contributed by atoms with Gasteiger partial charge >= 0.3 is 5.97 Å². The van der Waals surface area contributed by atoms with E-state index < -0.39 is 5.97 Å². The number of carbonyl (C=O) groups excluding carboxylic acids is 2. The molecule has 0 radical (unpaired) electrons. The molecule has 0 spiro atoms. The van der Waals surface area contributed by atoms with Crippen LogP contribution in [-0.4, -0.2) is 38.3 Å². The monoisotopic (exact) mass is 445 g/mol. The molecule has 33 heavy (non-hydrogen) atoms. The number of fused-ring (bicyclic) bond motifs is 1. The number of amides is 1. The molecule has 2 heterocycles. The number of ether oxygens (including phenoxy) is 1. The van der Waals surface area contributed by atoms with Crippen LogP contribution in [0.1, 0.15) is 28.2 Å². The Kier molecular flexibility index (Phi) is 6.03. The van der Waals surface area contributed by atoms with Gasteiger partial charge in [0.15, 0.2) is 5.65 Å². The predicted octanol–water partition coefficient (Wildman–Crippen LogP) is 3.01. The number of rotatable bonds is 6. The number of nitrogens with zero attached hydrogens (tertiary/aromatic N) is 4. The van der Waals surface area contributed by atoms with E-state index in [1.807, 2.05) is 31.2 Å². The van der Waals surface area contributed by atoms with Crippen LogP contribution in [0.25, 0.3) is 16.7 Å². The number of aryl methyl sites for hydroxylation is 2. The predicted molar refractivity (Wildman–Crippen MR) is 124 cm³/mol. The standard InChI is InChI=1S/C24H23N5O4/c1-15-8-10-17(11-9-15)29-22-19(14-25-29)23(31)28(16(2)26-22)13-12-21(30)27-20-7-5-4-6-18(20)24(32)33-3/h4-11,14H,12-13H2,1-3H3,(H,27,30). The van der Waals surface area contributed by atoms with Crippen molar-refractivity contribution in [2.45, 2.75) is 26.8 Å². The second-order valence-corrected chi connectivity index (χ2v) is 7.58. The van der Waals surface area contributed by atoms with E-state index in [9.17, 15) is 14.4 Å². The number of hydrogen-bond donors (Lipinski definition) is 1. The normalized spacial score (nSPS) is 10.9. The van der Waals surface area contributed by atoms with Gasteiger partial charge in [-0.15, -0.1) is 0 Å². The Balaban J connectivity index is 1.55. The van der Waals surface area contributed by atoms with E-state index in [-0.39, 0.29) is 30.0 Å². The molecule has 0 saturated heterocycles. The Labute approximate surface area is 189 Å². The molecule has 0 aliphatic heterocycles. The number of aromatic nitrogens is 4. The van der Waals surface area contributed by atoms with Gasteiger partial charge in [-0.1, -0.05) is 29.8 Å². The summed E-state index contributed by atoms with van der Waals surface area (Å²) in [6.45, 7) is 3.85. The number of esters is 1. The van der Waals surface area contributed by atoms with E-state index in [4.69, 9.17) is 4.74 Å². The van der Waals surface area contributed by atoms with Gasteiger partial charge in [-0.2, -0.15) is 5.10 Å². The molecule has 2 aromatic carbocycles. The zero-order valence-electron chi connectivity index (χ0n) is 18.5. The molecule has 9 heteroatoms. The van der Waals surface area contributed by atoms with Crippen molar-refractivity contribution in [2.24, 2.45) is 0 Å². The largest absolute Gasteiger partial charge is 0.465 e. The first-order valence-corrected chi connectivity index (χ1v) is 10.4. The van der Waals surface area contributed by atoms with Gasteiger partial charge in [0.05, 0.1) is 30.2 Å². The van der Waals surface area contributed by atoms with Gasteiger partial charge in [-0.05, 0) is 38.1 Å². The third kappa shape index (κ3) is 4.38. The summed E-state index contributed by atoms with van der Waals surface area (Å²) in [5, 5.41) is 7.42. The molecule has 0 unspecified atom stereocenters. The van der Waals surface area contributed by atoms with Crippen molar-refractivity contribution in [3.63, 3.8) is 0 Å². The first-order valence-electron chi connectivity index (χ1n) is 10.4. The lowest BCUT2D eigenvalue weighted by Gasteiger charge is -2.12. The molecule has 4 aromatic rings. The second kappa shape index (κ2) is 9.07. The second-order valence-electron chi connectivity index (χ2n) is 7.58. The van der Waals surface area contributed by atoms with Crippen LogP contribution >= 0.6 is 0 Å². The van der Waals surface area contributed by atoms with Crippen LogP contribution in [0.4, 0.5) is 5.69 Å². The Morgan fingerprint density at radius 1 is 1.06 bits per heavy atom. The molecule has 1 N–H and O–H groups in total. The minimum Gasteiger partial charge on any atom is -0.465 e.